The van der Waals surface area contributed by atoms with Gasteiger partial charge in [0.2, 0.25) is 0 Å². The Morgan fingerprint density at radius 3 is 2.38 bits per heavy atom. The van der Waals surface area contributed by atoms with Gasteiger partial charge in [0.1, 0.15) is 0 Å². The molecule has 0 spiro atoms. The number of carbonyl (C=O) groups excluding carboxylic acids is 1. The van der Waals surface area contributed by atoms with Crippen molar-refractivity contribution in [1.82, 2.24) is 4.90 Å². The van der Waals surface area contributed by atoms with Gasteiger partial charge in [0.15, 0.2) is 0 Å². The summed E-state index contributed by atoms with van der Waals surface area (Å²) >= 11 is 9.37. The summed E-state index contributed by atoms with van der Waals surface area (Å²) in [6.45, 7) is 2.70. The minimum absolute atomic E-state index is 0.0519. The smallest absolute Gasteiger partial charge is 0.255 e. The topological polar surface area (TPSA) is 20.3 Å². The van der Waals surface area contributed by atoms with E-state index in [0.717, 1.165) is 16.5 Å². The highest BCUT2D eigenvalue weighted by Crippen LogP contribution is 2.23. The van der Waals surface area contributed by atoms with Crippen molar-refractivity contribution in [3.63, 3.8) is 0 Å². The molecule has 0 aliphatic rings. The molecule has 2 rings (SSSR count). The number of halogens is 2. The lowest BCUT2D eigenvalue weighted by Gasteiger charge is -2.18. The minimum Gasteiger partial charge on any atom is -0.337 e. The fourth-order valence-corrected chi connectivity index (χ4v) is 2.68. The monoisotopic (exact) mass is 365 g/mol. The van der Waals surface area contributed by atoms with Gasteiger partial charge in [-0.25, -0.2) is 0 Å². The lowest BCUT2D eigenvalue weighted by molar-refractivity contribution is 0.0784. The van der Waals surface area contributed by atoms with Crippen LogP contribution >= 0.6 is 27.5 Å². The number of hydrogen-bond acceptors (Lipinski definition) is 1. The number of carbonyl (C=O) groups is 1. The van der Waals surface area contributed by atoms with E-state index >= 15 is 0 Å². The first-order chi connectivity index (χ1) is 10.0. The molecule has 4 heteroatoms. The predicted octanol–water partition coefficient (Wildman–Crippen LogP) is 4.94. The van der Waals surface area contributed by atoms with E-state index in [1.165, 1.54) is 5.56 Å². The zero-order chi connectivity index (χ0) is 15.4. The summed E-state index contributed by atoms with van der Waals surface area (Å²) in [7, 11) is 1.80. The summed E-state index contributed by atoms with van der Waals surface area (Å²) in [5, 5.41) is 0.558. The van der Waals surface area contributed by atoms with Crippen LogP contribution < -0.4 is 0 Å². The number of benzene rings is 2. The summed E-state index contributed by atoms with van der Waals surface area (Å²) in [4.78, 5) is 14.2. The van der Waals surface area contributed by atoms with Crippen LogP contribution in [0.5, 0.6) is 0 Å². The van der Waals surface area contributed by atoms with Crippen LogP contribution in [0.2, 0.25) is 5.02 Å². The Balaban J connectivity index is 2.13. The third-order valence-corrected chi connectivity index (χ3v) is 4.28. The van der Waals surface area contributed by atoms with Gasteiger partial charge in [-0.2, -0.15) is 0 Å². The summed E-state index contributed by atoms with van der Waals surface area (Å²) in [5.74, 6) is -0.0519. The predicted molar refractivity (Wildman–Crippen MR) is 90.8 cm³/mol. The van der Waals surface area contributed by atoms with E-state index in [0.29, 0.717) is 17.1 Å². The maximum atomic E-state index is 12.5. The van der Waals surface area contributed by atoms with E-state index in [1.807, 2.05) is 0 Å². The second kappa shape index (κ2) is 7.10. The molecule has 0 unspecified atom stereocenters. The van der Waals surface area contributed by atoms with Crippen LogP contribution in [0.1, 0.15) is 28.4 Å². The van der Waals surface area contributed by atoms with Gasteiger partial charge in [0, 0.05) is 23.1 Å². The van der Waals surface area contributed by atoms with Crippen molar-refractivity contribution in [2.75, 3.05) is 7.05 Å². The average molecular weight is 367 g/mol. The van der Waals surface area contributed by atoms with E-state index in [9.17, 15) is 4.79 Å². The molecule has 0 saturated heterocycles. The van der Waals surface area contributed by atoms with Crippen molar-refractivity contribution in [3.8, 4) is 0 Å². The fraction of sp³-hybridized carbons (Fsp3) is 0.235. The van der Waals surface area contributed by atoms with Crippen molar-refractivity contribution < 1.29 is 4.79 Å². The Labute approximate surface area is 138 Å². The Morgan fingerprint density at radius 2 is 1.76 bits per heavy atom. The Hall–Kier alpha value is -1.32. The molecule has 0 bridgehead atoms. The first kappa shape index (κ1) is 16.1. The van der Waals surface area contributed by atoms with E-state index in [-0.39, 0.29) is 5.91 Å². The molecule has 0 atom stereocenters. The normalized spacial score (nSPS) is 10.5. The van der Waals surface area contributed by atoms with E-state index in [1.54, 1.807) is 30.1 Å². The maximum absolute atomic E-state index is 12.5. The SMILES string of the molecule is CCc1ccc(CN(C)C(=O)c2cc(Cl)ccc2Br)cc1. The van der Waals surface area contributed by atoms with Crippen LogP contribution in [0, 0.1) is 0 Å². The summed E-state index contributed by atoms with van der Waals surface area (Å²) in [6.07, 6.45) is 1.02. The maximum Gasteiger partial charge on any atom is 0.255 e. The summed E-state index contributed by atoms with van der Waals surface area (Å²) in [5.41, 5.74) is 2.99. The van der Waals surface area contributed by atoms with Gasteiger partial charge in [0.05, 0.1) is 5.56 Å². The standard InChI is InChI=1S/C17H17BrClNO/c1-3-12-4-6-13(7-5-12)11-20(2)17(21)15-10-14(19)8-9-16(15)18/h4-10H,3,11H2,1-2H3. The van der Waals surface area contributed by atoms with Crippen molar-refractivity contribution in [2.24, 2.45) is 0 Å². The molecule has 0 N–H and O–H groups in total. The second-order valence-corrected chi connectivity index (χ2v) is 6.25. The third-order valence-electron chi connectivity index (χ3n) is 3.36. The van der Waals surface area contributed by atoms with Gasteiger partial charge in [-0.3, -0.25) is 4.79 Å². The molecule has 0 aliphatic heterocycles. The molecule has 0 fully saturated rings. The number of amides is 1. The number of aryl methyl sites for hydroxylation is 1. The summed E-state index contributed by atoms with van der Waals surface area (Å²) in [6, 6.07) is 13.6. The largest absolute Gasteiger partial charge is 0.337 e. The van der Waals surface area contributed by atoms with Crippen LogP contribution in [0.3, 0.4) is 0 Å². The highest BCUT2D eigenvalue weighted by Gasteiger charge is 2.15. The summed E-state index contributed by atoms with van der Waals surface area (Å²) < 4.78 is 0.755. The van der Waals surface area contributed by atoms with Crippen LogP contribution in [0.4, 0.5) is 0 Å². The van der Waals surface area contributed by atoms with Crippen molar-refractivity contribution >= 4 is 33.4 Å². The van der Waals surface area contributed by atoms with Crippen LogP contribution in [0.25, 0.3) is 0 Å². The number of nitrogens with zero attached hydrogens (tertiary/aromatic N) is 1. The fourth-order valence-electron chi connectivity index (χ4n) is 2.09. The Morgan fingerprint density at radius 1 is 1.14 bits per heavy atom. The Bertz CT molecular complexity index is 640. The zero-order valence-corrected chi connectivity index (χ0v) is 14.4. The van der Waals surface area contributed by atoms with Crippen molar-refractivity contribution in [2.45, 2.75) is 19.9 Å². The van der Waals surface area contributed by atoms with Gasteiger partial charge in [-0.1, -0.05) is 42.8 Å². The molecule has 21 heavy (non-hydrogen) atoms. The first-order valence-corrected chi connectivity index (χ1v) is 7.96. The lowest BCUT2D eigenvalue weighted by Crippen LogP contribution is -2.26. The molecule has 2 aromatic carbocycles. The minimum atomic E-state index is -0.0519. The average Bonchev–Trinajstić information content (AvgIpc) is 2.49. The van der Waals surface area contributed by atoms with Gasteiger partial charge in [0.25, 0.3) is 5.91 Å². The number of hydrogen-bond donors (Lipinski definition) is 0. The van der Waals surface area contributed by atoms with Crippen LogP contribution in [0.15, 0.2) is 46.9 Å². The quantitative estimate of drug-likeness (QED) is 0.750. The molecular weight excluding hydrogens is 350 g/mol. The van der Waals surface area contributed by atoms with E-state index in [2.05, 4.69) is 47.1 Å². The van der Waals surface area contributed by atoms with Gasteiger partial charge in [-0.05, 0) is 51.7 Å². The van der Waals surface area contributed by atoms with Crippen LogP contribution in [-0.4, -0.2) is 17.9 Å². The van der Waals surface area contributed by atoms with Crippen molar-refractivity contribution in [3.05, 3.63) is 68.7 Å². The molecule has 0 radical (unpaired) electrons. The molecular formula is C17H17BrClNO. The van der Waals surface area contributed by atoms with Crippen molar-refractivity contribution in [1.29, 1.82) is 0 Å². The van der Waals surface area contributed by atoms with Gasteiger partial charge in [-0.15, -0.1) is 0 Å². The van der Waals surface area contributed by atoms with Crippen LogP contribution in [-0.2, 0) is 13.0 Å². The van der Waals surface area contributed by atoms with Gasteiger partial charge < -0.3 is 4.90 Å². The molecule has 0 saturated carbocycles. The molecule has 2 nitrogen and oxygen atoms in total. The third kappa shape index (κ3) is 4.08. The van der Waals surface area contributed by atoms with E-state index < -0.39 is 0 Å². The highest BCUT2D eigenvalue weighted by atomic mass is 79.9. The first-order valence-electron chi connectivity index (χ1n) is 6.79. The molecule has 0 heterocycles. The lowest BCUT2D eigenvalue weighted by atomic mass is 10.1. The molecule has 0 aliphatic carbocycles. The number of rotatable bonds is 4. The molecule has 0 aromatic heterocycles. The van der Waals surface area contributed by atoms with E-state index in [4.69, 9.17) is 11.6 Å². The molecule has 1 amide bonds. The highest BCUT2D eigenvalue weighted by molar-refractivity contribution is 9.10. The second-order valence-electron chi connectivity index (χ2n) is 4.96. The zero-order valence-electron chi connectivity index (χ0n) is 12.1. The molecule has 2 aromatic rings. The Kier molecular flexibility index (Phi) is 5.43. The van der Waals surface area contributed by atoms with Gasteiger partial charge >= 0.3 is 0 Å². The molecule has 110 valence electrons.